The molecule has 8 heteroatoms. The standard InChI is InChI=1S/C11H7F3N2O2S/c1-5-3-19-4-7(5)9-15-2-6(10(17)18)8(16-9)11(12,13)14/h2-4H,1H3,(H,17,18). The van der Waals surface area contributed by atoms with Gasteiger partial charge in [-0.05, 0) is 17.9 Å². The molecule has 2 aromatic rings. The number of carboxylic acids is 1. The van der Waals surface area contributed by atoms with E-state index >= 15 is 0 Å². The summed E-state index contributed by atoms with van der Waals surface area (Å²) >= 11 is 1.31. The zero-order chi connectivity index (χ0) is 14.2. The van der Waals surface area contributed by atoms with E-state index in [2.05, 4.69) is 9.97 Å². The molecule has 2 rings (SSSR count). The Hall–Kier alpha value is -1.96. The largest absolute Gasteiger partial charge is 0.478 e. The molecule has 0 aromatic carbocycles. The highest BCUT2D eigenvalue weighted by Crippen LogP contribution is 2.32. The lowest BCUT2D eigenvalue weighted by atomic mass is 10.1. The van der Waals surface area contributed by atoms with E-state index in [-0.39, 0.29) is 5.82 Å². The minimum Gasteiger partial charge on any atom is -0.478 e. The number of aromatic carboxylic acids is 1. The highest BCUT2D eigenvalue weighted by atomic mass is 32.1. The van der Waals surface area contributed by atoms with Crippen LogP contribution in [0.3, 0.4) is 0 Å². The van der Waals surface area contributed by atoms with Gasteiger partial charge >= 0.3 is 12.1 Å². The lowest BCUT2D eigenvalue weighted by Gasteiger charge is -2.10. The summed E-state index contributed by atoms with van der Waals surface area (Å²) in [6.07, 6.45) is -4.15. The van der Waals surface area contributed by atoms with Gasteiger partial charge in [-0.25, -0.2) is 14.8 Å². The molecular formula is C11H7F3N2O2S. The molecule has 100 valence electrons. The number of nitrogens with zero attached hydrogens (tertiary/aromatic N) is 2. The molecule has 2 heterocycles. The van der Waals surface area contributed by atoms with E-state index in [4.69, 9.17) is 5.11 Å². The molecule has 2 aromatic heterocycles. The summed E-state index contributed by atoms with van der Waals surface area (Å²) in [5, 5.41) is 12.1. The molecule has 0 spiro atoms. The van der Waals surface area contributed by atoms with Crippen molar-refractivity contribution in [2.45, 2.75) is 13.1 Å². The van der Waals surface area contributed by atoms with Crippen LogP contribution in [0.15, 0.2) is 17.0 Å². The van der Waals surface area contributed by atoms with E-state index in [0.717, 1.165) is 5.56 Å². The average molecular weight is 288 g/mol. The number of hydrogen-bond donors (Lipinski definition) is 1. The summed E-state index contributed by atoms with van der Waals surface area (Å²) in [7, 11) is 0. The molecule has 0 saturated heterocycles. The van der Waals surface area contributed by atoms with Gasteiger partial charge in [0.2, 0.25) is 0 Å². The Kier molecular flexibility index (Phi) is 3.27. The second-order valence-corrected chi connectivity index (χ2v) is 4.47. The van der Waals surface area contributed by atoms with E-state index in [1.807, 2.05) is 0 Å². The molecule has 0 atom stereocenters. The van der Waals surface area contributed by atoms with Gasteiger partial charge in [0.15, 0.2) is 11.5 Å². The van der Waals surface area contributed by atoms with Gasteiger partial charge in [0.25, 0.3) is 0 Å². The third-order valence-corrected chi connectivity index (χ3v) is 3.25. The van der Waals surface area contributed by atoms with Crippen molar-refractivity contribution in [2.75, 3.05) is 0 Å². The number of aromatic nitrogens is 2. The van der Waals surface area contributed by atoms with Crippen molar-refractivity contribution in [1.82, 2.24) is 9.97 Å². The highest BCUT2D eigenvalue weighted by Gasteiger charge is 2.38. The summed E-state index contributed by atoms with van der Waals surface area (Å²) in [6, 6.07) is 0. The van der Waals surface area contributed by atoms with Crippen molar-refractivity contribution in [2.24, 2.45) is 0 Å². The Balaban J connectivity index is 2.63. The Morgan fingerprint density at radius 3 is 2.53 bits per heavy atom. The number of aryl methyl sites for hydroxylation is 1. The number of alkyl halides is 3. The number of hydrogen-bond acceptors (Lipinski definition) is 4. The smallest absolute Gasteiger partial charge is 0.434 e. The van der Waals surface area contributed by atoms with Gasteiger partial charge in [-0.1, -0.05) is 0 Å². The maximum absolute atomic E-state index is 12.8. The van der Waals surface area contributed by atoms with Crippen LogP contribution in [0.5, 0.6) is 0 Å². The van der Waals surface area contributed by atoms with Gasteiger partial charge in [-0.2, -0.15) is 24.5 Å². The van der Waals surface area contributed by atoms with Crippen molar-refractivity contribution in [3.05, 3.63) is 33.8 Å². The fourth-order valence-corrected chi connectivity index (χ4v) is 2.30. The number of halogens is 3. The molecule has 0 radical (unpaired) electrons. The third-order valence-electron chi connectivity index (χ3n) is 2.38. The summed E-state index contributed by atoms with van der Waals surface area (Å²) in [5.74, 6) is -1.84. The van der Waals surface area contributed by atoms with Crippen molar-refractivity contribution in [3.63, 3.8) is 0 Å². The normalized spacial score (nSPS) is 11.6. The van der Waals surface area contributed by atoms with Crippen LogP contribution < -0.4 is 0 Å². The van der Waals surface area contributed by atoms with Gasteiger partial charge in [0.05, 0.1) is 0 Å². The first-order valence-corrected chi connectivity index (χ1v) is 5.95. The molecule has 0 aliphatic heterocycles. The maximum atomic E-state index is 12.8. The van der Waals surface area contributed by atoms with Crippen LogP contribution in [-0.2, 0) is 6.18 Å². The van der Waals surface area contributed by atoms with Crippen LogP contribution in [0.2, 0.25) is 0 Å². The molecule has 19 heavy (non-hydrogen) atoms. The van der Waals surface area contributed by atoms with E-state index in [9.17, 15) is 18.0 Å². The molecule has 0 aliphatic rings. The quantitative estimate of drug-likeness (QED) is 0.921. The molecular weight excluding hydrogens is 281 g/mol. The van der Waals surface area contributed by atoms with Gasteiger partial charge < -0.3 is 5.11 Å². The summed E-state index contributed by atoms with van der Waals surface area (Å²) < 4.78 is 38.3. The van der Waals surface area contributed by atoms with E-state index in [1.165, 1.54) is 11.3 Å². The van der Waals surface area contributed by atoms with E-state index < -0.39 is 23.4 Å². The molecule has 0 amide bonds. The van der Waals surface area contributed by atoms with Crippen LogP contribution in [0.1, 0.15) is 21.6 Å². The Morgan fingerprint density at radius 2 is 2.05 bits per heavy atom. The second kappa shape index (κ2) is 4.61. The predicted octanol–water partition coefficient (Wildman–Crippen LogP) is 3.23. The summed E-state index contributed by atoms with van der Waals surface area (Å²) in [6.45, 7) is 1.72. The molecule has 0 fully saturated rings. The minimum atomic E-state index is -4.84. The predicted molar refractivity (Wildman–Crippen MR) is 62.0 cm³/mol. The van der Waals surface area contributed by atoms with Gasteiger partial charge in [0, 0.05) is 17.1 Å². The Labute approximate surface area is 109 Å². The van der Waals surface area contributed by atoms with Crippen LogP contribution in [0.4, 0.5) is 13.2 Å². The first kappa shape index (κ1) is 13.5. The topological polar surface area (TPSA) is 63.1 Å². The lowest BCUT2D eigenvalue weighted by molar-refractivity contribution is -0.141. The lowest BCUT2D eigenvalue weighted by Crippen LogP contribution is -2.16. The van der Waals surface area contributed by atoms with Crippen molar-refractivity contribution in [3.8, 4) is 11.4 Å². The Bertz CT molecular complexity index is 637. The Morgan fingerprint density at radius 1 is 1.37 bits per heavy atom. The minimum absolute atomic E-state index is 0.129. The van der Waals surface area contributed by atoms with Crippen molar-refractivity contribution in [1.29, 1.82) is 0 Å². The monoisotopic (exact) mass is 288 g/mol. The SMILES string of the molecule is Cc1cscc1-c1ncc(C(=O)O)c(C(F)(F)F)n1. The van der Waals surface area contributed by atoms with Gasteiger partial charge in [0.1, 0.15) is 5.56 Å². The molecule has 0 unspecified atom stereocenters. The summed E-state index contributed by atoms with van der Waals surface area (Å²) in [5.41, 5.74) is -1.19. The first-order chi connectivity index (χ1) is 8.80. The molecule has 1 N–H and O–H groups in total. The van der Waals surface area contributed by atoms with E-state index in [1.54, 1.807) is 17.7 Å². The molecule has 0 saturated carbocycles. The highest BCUT2D eigenvalue weighted by molar-refractivity contribution is 7.08. The number of thiophene rings is 1. The number of carboxylic acid groups (broad SMARTS) is 1. The van der Waals surface area contributed by atoms with Crippen LogP contribution in [-0.4, -0.2) is 21.0 Å². The number of carbonyl (C=O) groups is 1. The molecule has 4 nitrogen and oxygen atoms in total. The van der Waals surface area contributed by atoms with Crippen LogP contribution >= 0.6 is 11.3 Å². The third kappa shape index (κ3) is 2.58. The van der Waals surface area contributed by atoms with Gasteiger partial charge in [-0.3, -0.25) is 0 Å². The van der Waals surface area contributed by atoms with Crippen molar-refractivity contribution >= 4 is 17.3 Å². The van der Waals surface area contributed by atoms with Gasteiger partial charge in [-0.15, -0.1) is 0 Å². The maximum Gasteiger partial charge on any atom is 0.434 e. The fraction of sp³-hybridized carbons (Fsp3) is 0.182. The second-order valence-electron chi connectivity index (χ2n) is 3.73. The zero-order valence-corrected chi connectivity index (χ0v) is 10.3. The van der Waals surface area contributed by atoms with Crippen LogP contribution in [0.25, 0.3) is 11.4 Å². The summed E-state index contributed by atoms with van der Waals surface area (Å²) in [4.78, 5) is 17.8. The fourth-order valence-electron chi connectivity index (χ4n) is 1.47. The van der Waals surface area contributed by atoms with Crippen LogP contribution in [0, 0.1) is 6.92 Å². The molecule has 0 bridgehead atoms. The first-order valence-electron chi connectivity index (χ1n) is 5.01. The zero-order valence-electron chi connectivity index (χ0n) is 9.52. The number of rotatable bonds is 2. The van der Waals surface area contributed by atoms with Crippen molar-refractivity contribution < 1.29 is 23.1 Å². The van der Waals surface area contributed by atoms with E-state index in [0.29, 0.717) is 11.8 Å². The molecule has 0 aliphatic carbocycles. The average Bonchev–Trinajstić information content (AvgIpc) is 2.73.